The number of hydrogen-bond donors (Lipinski definition) is 1. The number of carbonyl (C=O) groups excluding carboxylic acids is 1. The normalized spacial score (nSPS) is 10.8. The van der Waals surface area contributed by atoms with E-state index in [0.29, 0.717) is 5.82 Å². The van der Waals surface area contributed by atoms with E-state index in [-0.39, 0.29) is 11.7 Å². The van der Waals surface area contributed by atoms with Crippen molar-refractivity contribution in [1.29, 1.82) is 0 Å². The molecule has 30 heavy (non-hydrogen) atoms. The maximum Gasteiger partial charge on any atom is 0.295 e. The highest BCUT2D eigenvalue weighted by atomic mass is 16.2. The van der Waals surface area contributed by atoms with E-state index in [1.807, 2.05) is 76.2 Å². The van der Waals surface area contributed by atoms with Gasteiger partial charge in [0.15, 0.2) is 5.82 Å². The van der Waals surface area contributed by atoms with Crippen LogP contribution in [0.1, 0.15) is 32.9 Å². The summed E-state index contributed by atoms with van der Waals surface area (Å²) in [7, 11) is 0. The van der Waals surface area contributed by atoms with Crippen molar-refractivity contribution in [2.45, 2.75) is 27.7 Å². The molecule has 5 nitrogen and oxygen atoms in total. The van der Waals surface area contributed by atoms with Gasteiger partial charge in [-0.3, -0.25) is 4.79 Å². The molecule has 1 N–H and O–H groups in total. The van der Waals surface area contributed by atoms with Gasteiger partial charge in [0.2, 0.25) is 5.82 Å². The second-order valence-electron chi connectivity index (χ2n) is 7.65. The lowest BCUT2D eigenvalue weighted by Crippen LogP contribution is -2.14. The van der Waals surface area contributed by atoms with Crippen LogP contribution in [0, 0.1) is 27.7 Å². The molecule has 0 bridgehead atoms. The monoisotopic (exact) mass is 396 g/mol. The number of rotatable bonds is 4. The van der Waals surface area contributed by atoms with Crippen molar-refractivity contribution in [3.8, 4) is 17.1 Å². The predicted molar refractivity (Wildman–Crippen MR) is 120 cm³/mol. The number of hydrogen-bond acceptors (Lipinski definition) is 3. The Morgan fingerprint density at radius 3 is 2.27 bits per heavy atom. The molecule has 0 radical (unpaired) electrons. The quantitative estimate of drug-likeness (QED) is 0.501. The summed E-state index contributed by atoms with van der Waals surface area (Å²) in [5.41, 5.74) is 6.95. The maximum absolute atomic E-state index is 12.9. The summed E-state index contributed by atoms with van der Waals surface area (Å²) in [5, 5.41) is 7.49. The average Bonchev–Trinajstić information content (AvgIpc) is 3.16. The van der Waals surface area contributed by atoms with Crippen LogP contribution in [-0.4, -0.2) is 20.7 Å². The molecule has 3 aromatic carbocycles. The molecule has 0 atom stereocenters. The predicted octanol–water partition coefficient (Wildman–Crippen LogP) is 5.42. The summed E-state index contributed by atoms with van der Waals surface area (Å²) < 4.78 is 1.76. The van der Waals surface area contributed by atoms with Gasteiger partial charge in [-0.05, 0) is 62.6 Å². The SMILES string of the molecule is Cc1ccc(-c2nc(C(=O)Nc3cccc(C)c3)nn2-c2cc(C)ccc2C)cc1. The van der Waals surface area contributed by atoms with Gasteiger partial charge >= 0.3 is 0 Å². The highest BCUT2D eigenvalue weighted by molar-refractivity contribution is 6.01. The molecule has 150 valence electrons. The number of aromatic nitrogens is 3. The fourth-order valence-electron chi connectivity index (χ4n) is 3.32. The van der Waals surface area contributed by atoms with Gasteiger partial charge in [-0.2, -0.15) is 0 Å². The Morgan fingerprint density at radius 2 is 1.53 bits per heavy atom. The number of nitrogens with zero attached hydrogens (tertiary/aromatic N) is 3. The van der Waals surface area contributed by atoms with Gasteiger partial charge < -0.3 is 5.32 Å². The smallest absolute Gasteiger partial charge is 0.295 e. The van der Waals surface area contributed by atoms with Crippen LogP contribution in [0.25, 0.3) is 17.1 Å². The van der Waals surface area contributed by atoms with Crippen molar-refractivity contribution in [3.05, 3.63) is 94.8 Å². The Balaban J connectivity index is 1.80. The first kappa shape index (κ1) is 19.6. The molecule has 0 fully saturated rings. The lowest BCUT2D eigenvalue weighted by molar-refractivity contribution is 0.101. The molecule has 0 spiro atoms. The average molecular weight is 396 g/mol. The zero-order chi connectivity index (χ0) is 21.3. The second-order valence-corrected chi connectivity index (χ2v) is 7.65. The van der Waals surface area contributed by atoms with Crippen LogP contribution in [0.3, 0.4) is 0 Å². The number of aryl methyl sites for hydroxylation is 4. The van der Waals surface area contributed by atoms with E-state index >= 15 is 0 Å². The fourth-order valence-corrected chi connectivity index (χ4v) is 3.32. The summed E-state index contributed by atoms with van der Waals surface area (Å²) >= 11 is 0. The van der Waals surface area contributed by atoms with Crippen molar-refractivity contribution < 1.29 is 4.79 Å². The highest BCUT2D eigenvalue weighted by Gasteiger charge is 2.20. The highest BCUT2D eigenvalue weighted by Crippen LogP contribution is 2.25. The van der Waals surface area contributed by atoms with Crippen molar-refractivity contribution >= 4 is 11.6 Å². The molecule has 0 saturated heterocycles. The van der Waals surface area contributed by atoms with E-state index in [1.165, 1.54) is 0 Å². The van der Waals surface area contributed by atoms with Gasteiger partial charge in [-0.1, -0.05) is 54.1 Å². The number of benzene rings is 3. The summed E-state index contributed by atoms with van der Waals surface area (Å²) in [4.78, 5) is 17.5. The van der Waals surface area contributed by atoms with E-state index in [0.717, 1.165) is 39.2 Å². The summed E-state index contributed by atoms with van der Waals surface area (Å²) in [6.45, 7) is 8.09. The Labute approximate surface area is 176 Å². The number of anilines is 1. The van der Waals surface area contributed by atoms with E-state index in [2.05, 4.69) is 33.6 Å². The third kappa shape index (κ3) is 4.01. The van der Waals surface area contributed by atoms with Crippen LogP contribution in [0.15, 0.2) is 66.7 Å². The minimum atomic E-state index is -0.335. The minimum Gasteiger partial charge on any atom is -0.319 e. The minimum absolute atomic E-state index is 0.132. The molecular formula is C25H24N4O. The molecule has 4 rings (SSSR count). The number of nitrogens with one attached hydrogen (secondary N) is 1. The van der Waals surface area contributed by atoms with Gasteiger partial charge in [0.05, 0.1) is 5.69 Å². The van der Waals surface area contributed by atoms with Crippen LogP contribution >= 0.6 is 0 Å². The van der Waals surface area contributed by atoms with Crippen molar-refractivity contribution in [2.75, 3.05) is 5.32 Å². The molecule has 4 aromatic rings. The lowest BCUT2D eigenvalue weighted by atomic mass is 10.1. The Kier molecular flexibility index (Phi) is 5.19. The maximum atomic E-state index is 12.9. The fraction of sp³-hybridized carbons (Fsp3) is 0.160. The molecule has 0 saturated carbocycles. The molecular weight excluding hydrogens is 372 g/mol. The van der Waals surface area contributed by atoms with Crippen LogP contribution in [0.4, 0.5) is 5.69 Å². The molecule has 0 aliphatic heterocycles. The van der Waals surface area contributed by atoms with Crippen LogP contribution in [0.5, 0.6) is 0 Å². The van der Waals surface area contributed by atoms with E-state index in [4.69, 9.17) is 0 Å². The topological polar surface area (TPSA) is 59.8 Å². The van der Waals surface area contributed by atoms with E-state index < -0.39 is 0 Å². The summed E-state index contributed by atoms with van der Waals surface area (Å²) in [5.74, 6) is 0.434. The molecule has 1 amide bonds. The third-order valence-corrected chi connectivity index (χ3v) is 4.99. The Hall–Kier alpha value is -3.73. The third-order valence-electron chi connectivity index (χ3n) is 4.99. The van der Waals surface area contributed by atoms with Gasteiger partial charge in [-0.15, -0.1) is 5.10 Å². The van der Waals surface area contributed by atoms with Crippen molar-refractivity contribution in [1.82, 2.24) is 14.8 Å². The van der Waals surface area contributed by atoms with Gasteiger partial charge in [-0.25, -0.2) is 9.67 Å². The molecule has 1 aromatic heterocycles. The van der Waals surface area contributed by atoms with Crippen molar-refractivity contribution in [2.24, 2.45) is 0 Å². The van der Waals surface area contributed by atoms with Crippen molar-refractivity contribution in [3.63, 3.8) is 0 Å². The van der Waals surface area contributed by atoms with E-state index in [1.54, 1.807) is 4.68 Å². The summed E-state index contributed by atoms with van der Waals surface area (Å²) in [6.07, 6.45) is 0. The molecule has 5 heteroatoms. The lowest BCUT2D eigenvalue weighted by Gasteiger charge is -2.10. The Morgan fingerprint density at radius 1 is 0.833 bits per heavy atom. The van der Waals surface area contributed by atoms with Crippen LogP contribution in [-0.2, 0) is 0 Å². The first-order valence-electron chi connectivity index (χ1n) is 9.90. The van der Waals surface area contributed by atoms with Crippen LogP contribution in [0.2, 0.25) is 0 Å². The zero-order valence-electron chi connectivity index (χ0n) is 17.6. The molecule has 0 unspecified atom stereocenters. The zero-order valence-corrected chi connectivity index (χ0v) is 17.6. The first-order valence-corrected chi connectivity index (χ1v) is 9.90. The van der Waals surface area contributed by atoms with Crippen LogP contribution < -0.4 is 5.32 Å². The molecule has 0 aliphatic rings. The standard InChI is InChI=1S/C25H24N4O/c1-16-9-12-20(13-10-16)24-27-23(25(30)26-21-7-5-6-17(2)14-21)28-29(24)22-15-18(3)8-11-19(22)4/h5-15H,1-4H3,(H,26,30). The second kappa shape index (κ2) is 7.95. The van der Waals surface area contributed by atoms with Gasteiger partial charge in [0, 0.05) is 11.3 Å². The van der Waals surface area contributed by atoms with E-state index in [9.17, 15) is 4.79 Å². The van der Waals surface area contributed by atoms with Gasteiger partial charge in [0.1, 0.15) is 0 Å². The van der Waals surface area contributed by atoms with Gasteiger partial charge in [0.25, 0.3) is 5.91 Å². The molecule has 1 heterocycles. The first-order chi connectivity index (χ1) is 14.4. The Bertz CT molecular complexity index is 1220. The molecule has 0 aliphatic carbocycles. The number of amides is 1. The summed E-state index contributed by atoms with van der Waals surface area (Å²) in [6, 6.07) is 21.9. The largest absolute Gasteiger partial charge is 0.319 e. The number of carbonyl (C=O) groups is 1.